The van der Waals surface area contributed by atoms with Gasteiger partial charge in [-0.05, 0) is 18.3 Å². The lowest BCUT2D eigenvalue weighted by Crippen LogP contribution is -2.18. The summed E-state index contributed by atoms with van der Waals surface area (Å²) in [4.78, 5) is 10.5. The maximum absolute atomic E-state index is 10.5. The molecule has 1 rings (SSSR count). The lowest BCUT2D eigenvalue weighted by molar-refractivity contribution is -0.112. The first-order valence-electron chi connectivity index (χ1n) is 3.87. The summed E-state index contributed by atoms with van der Waals surface area (Å²) in [5.74, 6) is 1.31. The van der Waals surface area contributed by atoms with Crippen LogP contribution >= 0.6 is 0 Å². The number of aldehydes is 1. The second kappa shape index (κ2) is 3.00. The van der Waals surface area contributed by atoms with Gasteiger partial charge in [0.25, 0.3) is 0 Å². The van der Waals surface area contributed by atoms with Gasteiger partial charge in [-0.2, -0.15) is 0 Å². The van der Waals surface area contributed by atoms with Crippen molar-refractivity contribution in [1.29, 1.82) is 0 Å². The first-order chi connectivity index (χ1) is 4.74. The van der Waals surface area contributed by atoms with E-state index in [2.05, 4.69) is 26.0 Å². The summed E-state index contributed by atoms with van der Waals surface area (Å²) in [6.07, 6.45) is 6.46. The summed E-state index contributed by atoms with van der Waals surface area (Å²) < 4.78 is 0. The molecule has 0 heterocycles. The van der Waals surface area contributed by atoms with E-state index >= 15 is 0 Å². The predicted octanol–water partition coefficient (Wildman–Crippen LogP) is 2.03. The minimum Gasteiger partial charge on any atom is -0.303 e. The third-order valence-electron chi connectivity index (χ3n) is 2.24. The van der Waals surface area contributed by atoms with Gasteiger partial charge in [0.05, 0.1) is 0 Å². The van der Waals surface area contributed by atoms with Crippen LogP contribution in [-0.4, -0.2) is 6.29 Å². The van der Waals surface area contributed by atoms with Gasteiger partial charge in [0.1, 0.15) is 6.29 Å². The summed E-state index contributed by atoms with van der Waals surface area (Å²) in [5, 5.41) is 0. The maximum Gasteiger partial charge on any atom is 0.123 e. The molecule has 0 amide bonds. The van der Waals surface area contributed by atoms with Crippen molar-refractivity contribution < 1.29 is 4.79 Å². The number of allylic oxidation sites excluding steroid dienone is 2. The molecule has 56 valence electrons. The van der Waals surface area contributed by atoms with E-state index in [1.807, 2.05) is 0 Å². The molecule has 1 heteroatoms. The molecule has 0 fully saturated rings. The molecule has 0 aromatic rings. The zero-order chi connectivity index (χ0) is 7.56. The quantitative estimate of drug-likeness (QED) is 0.400. The van der Waals surface area contributed by atoms with Crippen molar-refractivity contribution in [2.75, 3.05) is 0 Å². The zero-order valence-electron chi connectivity index (χ0n) is 6.58. The van der Waals surface area contributed by atoms with Gasteiger partial charge in [-0.3, -0.25) is 0 Å². The van der Waals surface area contributed by atoms with Gasteiger partial charge in [0, 0.05) is 5.92 Å². The largest absolute Gasteiger partial charge is 0.303 e. The van der Waals surface area contributed by atoms with Crippen LogP contribution in [0, 0.1) is 17.8 Å². The minimum atomic E-state index is 0.264. The van der Waals surface area contributed by atoms with Crippen LogP contribution in [0.4, 0.5) is 0 Å². The van der Waals surface area contributed by atoms with Gasteiger partial charge in [-0.15, -0.1) is 0 Å². The Labute approximate surface area is 62.1 Å². The Morgan fingerprint density at radius 3 is 2.60 bits per heavy atom. The first kappa shape index (κ1) is 7.52. The Morgan fingerprint density at radius 1 is 1.40 bits per heavy atom. The van der Waals surface area contributed by atoms with Gasteiger partial charge in [-0.25, -0.2) is 0 Å². The molecule has 0 unspecified atom stereocenters. The molecule has 1 nitrogen and oxygen atoms in total. The lowest BCUT2D eigenvalue weighted by atomic mass is 9.82. The molecular weight excluding hydrogens is 124 g/mol. The number of hydrogen-bond acceptors (Lipinski definition) is 1. The van der Waals surface area contributed by atoms with Crippen LogP contribution in [-0.2, 0) is 4.79 Å². The molecule has 0 saturated carbocycles. The van der Waals surface area contributed by atoms with Gasteiger partial charge < -0.3 is 4.79 Å². The highest BCUT2D eigenvalue weighted by molar-refractivity contribution is 5.55. The van der Waals surface area contributed by atoms with Crippen LogP contribution in [0.25, 0.3) is 0 Å². The van der Waals surface area contributed by atoms with Gasteiger partial charge in [0.15, 0.2) is 0 Å². The van der Waals surface area contributed by atoms with Crippen LogP contribution < -0.4 is 0 Å². The third-order valence-corrected chi connectivity index (χ3v) is 2.24. The topological polar surface area (TPSA) is 17.1 Å². The molecule has 0 aromatic heterocycles. The van der Waals surface area contributed by atoms with Gasteiger partial charge in [0.2, 0.25) is 0 Å². The smallest absolute Gasteiger partial charge is 0.123 e. The second-order valence-electron chi connectivity index (χ2n) is 3.26. The molecule has 0 aliphatic heterocycles. The highest BCUT2D eigenvalue weighted by Crippen LogP contribution is 2.25. The normalized spacial score (nSPS) is 39.6. The monoisotopic (exact) mass is 138 g/mol. The minimum absolute atomic E-state index is 0.264. The molecule has 1 aliphatic carbocycles. The molecule has 0 radical (unpaired) electrons. The van der Waals surface area contributed by atoms with E-state index < -0.39 is 0 Å². The van der Waals surface area contributed by atoms with Crippen LogP contribution in [0.2, 0.25) is 0 Å². The third kappa shape index (κ3) is 1.47. The van der Waals surface area contributed by atoms with E-state index in [4.69, 9.17) is 0 Å². The Morgan fingerprint density at radius 2 is 2.10 bits per heavy atom. The summed E-state index contributed by atoms with van der Waals surface area (Å²) in [5.41, 5.74) is 0. The van der Waals surface area contributed by atoms with Crippen LogP contribution in [0.1, 0.15) is 20.3 Å². The molecule has 0 bridgehead atoms. The highest BCUT2D eigenvalue weighted by atomic mass is 16.1. The van der Waals surface area contributed by atoms with Crippen molar-refractivity contribution in [2.45, 2.75) is 20.3 Å². The standard InChI is InChI=1S/C9H14O/c1-7-3-4-8(2)9(5-7)6-10/h3-4,6-9H,5H2,1-2H3/t7-,8+,9-/m0/s1. The van der Waals surface area contributed by atoms with Crippen molar-refractivity contribution in [3.05, 3.63) is 12.2 Å². The van der Waals surface area contributed by atoms with Crippen molar-refractivity contribution in [3.63, 3.8) is 0 Å². The summed E-state index contributed by atoms with van der Waals surface area (Å²) in [6, 6.07) is 0. The van der Waals surface area contributed by atoms with Crippen molar-refractivity contribution in [1.82, 2.24) is 0 Å². The number of rotatable bonds is 1. The summed E-state index contributed by atoms with van der Waals surface area (Å²) in [6.45, 7) is 4.25. The SMILES string of the molecule is C[C@@H]1C=C[C@H](C)C[C@H]1C=O. The molecule has 3 atom stereocenters. The summed E-state index contributed by atoms with van der Waals surface area (Å²) in [7, 11) is 0. The maximum atomic E-state index is 10.5. The van der Waals surface area contributed by atoms with E-state index in [1.165, 1.54) is 0 Å². The molecule has 0 saturated heterocycles. The average Bonchev–Trinajstić information content (AvgIpc) is 1.94. The van der Waals surface area contributed by atoms with E-state index in [0.717, 1.165) is 12.7 Å². The first-order valence-corrected chi connectivity index (χ1v) is 3.87. The van der Waals surface area contributed by atoms with E-state index in [0.29, 0.717) is 11.8 Å². The van der Waals surface area contributed by atoms with E-state index in [1.54, 1.807) is 0 Å². The molecule has 0 aromatic carbocycles. The fourth-order valence-corrected chi connectivity index (χ4v) is 1.41. The number of carbonyl (C=O) groups is 1. The Bertz CT molecular complexity index is 149. The van der Waals surface area contributed by atoms with E-state index in [-0.39, 0.29) is 5.92 Å². The van der Waals surface area contributed by atoms with Gasteiger partial charge in [-0.1, -0.05) is 26.0 Å². The van der Waals surface area contributed by atoms with Crippen molar-refractivity contribution in [2.24, 2.45) is 17.8 Å². The fourth-order valence-electron chi connectivity index (χ4n) is 1.41. The molecule has 1 aliphatic rings. The Hall–Kier alpha value is -0.590. The average molecular weight is 138 g/mol. The number of carbonyl (C=O) groups excluding carboxylic acids is 1. The molecule has 0 N–H and O–H groups in total. The number of hydrogen-bond donors (Lipinski definition) is 0. The van der Waals surface area contributed by atoms with Crippen molar-refractivity contribution in [3.8, 4) is 0 Å². The van der Waals surface area contributed by atoms with Crippen molar-refractivity contribution >= 4 is 6.29 Å². The van der Waals surface area contributed by atoms with Crippen LogP contribution in [0.15, 0.2) is 12.2 Å². The van der Waals surface area contributed by atoms with E-state index in [9.17, 15) is 4.79 Å². The highest BCUT2D eigenvalue weighted by Gasteiger charge is 2.19. The molecular formula is C9H14O. The molecule has 0 spiro atoms. The molecule has 10 heavy (non-hydrogen) atoms. The zero-order valence-corrected chi connectivity index (χ0v) is 6.58. The Kier molecular flexibility index (Phi) is 2.25. The predicted molar refractivity (Wildman–Crippen MR) is 41.6 cm³/mol. The second-order valence-corrected chi connectivity index (χ2v) is 3.26. The van der Waals surface area contributed by atoms with Crippen LogP contribution in [0.3, 0.4) is 0 Å². The Balaban J connectivity index is 2.61. The van der Waals surface area contributed by atoms with Crippen LogP contribution in [0.5, 0.6) is 0 Å². The fraction of sp³-hybridized carbons (Fsp3) is 0.667. The van der Waals surface area contributed by atoms with Gasteiger partial charge >= 0.3 is 0 Å². The summed E-state index contributed by atoms with van der Waals surface area (Å²) >= 11 is 0. The lowest BCUT2D eigenvalue weighted by Gasteiger charge is -2.22.